The summed E-state index contributed by atoms with van der Waals surface area (Å²) in [5, 5.41) is 11.4. The molecular weight excluding hydrogens is 453 g/mol. The van der Waals surface area contributed by atoms with Crippen LogP contribution in [0.2, 0.25) is 0 Å². The van der Waals surface area contributed by atoms with Crippen molar-refractivity contribution in [3.63, 3.8) is 0 Å². The average Bonchev–Trinajstić information content (AvgIpc) is 3.57. The number of carbonyl (C=O) groups excluding carboxylic acids is 1. The van der Waals surface area contributed by atoms with Crippen LogP contribution >= 0.6 is 0 Å². The highest BCUT2D eigenvalue weighted by Crippen LogP contribution is 2.35. The van der Waals surface area contributed by atoms with Gasteiger partial charge >= 0.3 is 0 Å². The van der Waals surface area contributed by atoms with E-state index >= 15 is 0 Å². The number of methoxy groups -OCH3 is 1. The zero-order chi connectivity index (χ0) is 24.1. The number of nitrogens with one attached hydrogen (secondary N) is 2. The number of anilines is 1. The molecule has 1 aliphatic carbocycles. The van der Waals surface area contributed by atoms with E-state index in [1.54, 1.807) is 24.9 Å². The van der Waals surface area contributed by atoms with Gasteiger partial charge in [0.05, 0.1) is 43.3 Å². The van der Waals surface area contributed by atoms with Gasteiger partial charge < -0.3 is 24.7 Å². The second kappa shape index (κ2) is 8.58. The van der Waals surface area contributed by atoms with Gasteiger partial charge in [-0.05, 0) is 25.0 Å². The van der Waals surface area contributed by atoms with E-state index in [0.29, 0.717) is 28.4 Å². The van der Waals surface area contributed by atoms with Gasteiger partial charge in [-0.2, -0.15) is 9.61 Å². The molecule has 0 bridgehead atoms. The molecule has 0 radical (unpaired) electrons. The van der Waals surface area contributed by atoms with Crippen LogP contribution in [0.1, 0.15) is 29.2 Å². The zero-order valence-electron chi connectivity index (χ0n) is 19.4. The van der Waals surface area contributed by atoms with E-state index < -0.39 is 12.2 Å². The Bertz CT molecular complexity index is 1420. The number of ether oxygens (including phenoxy) is 2. The lowest BCUT2D eigenvalue weighted by Crippen LogP contribution is -2.51. The molecule has 35 heavy (non-hydrogen) atoms. The van der Waals surface area contributed by atoms with Crippen LogP contribution in [0.4, 0.5) is 10.2 Å². The fraction of sp³-hybridized carbons (Fsp3) is 0.417. The standard InChI is InChI=1S/C24H26FN7O3/c1-26-21-8-18(15-10-31(19-12-35-11-16(19)25)22-13(15)4-3-7-27-22)29-23-14(9-28-32(21)23)24(33)30-17-5-6-20(17)34-2/h3-4,7-10,16-17,19-20,26H,5-6,11-12H2,1-2H3,(H,30,33)/t16-,17?,19+,20-/m0/s1. The van der Waals surface area contributed by atoms with Crippen molar-refractivity contribution in [1.29, 1.82) is 0 Å². The Labute approximate surface area is 200 Å². The fourth-order valence-electron chi connectivity index (χ4n) is 4.91. The molecule has 1 aliphatic heterocycles. The number of aromatic nitrogens is 5. The summed E-state index contributed by atoms with van der Waals surface area (Å²) < 4.78 is 28.8. The number of halogens is 1. The highest BCUT2D eigenvalue weighted by atomic mass is 19.1. The Kier molecular flexibility index (Phi) is 5.37. The largest absolute Gasteiger partial charge is 0.379 e. The summed E-state index contributed by atoms with van der Waals surface area (Å²) in [7, 11) is 3.44. The maximum atomic E-state index is 14.6. The van der Waals surface area contributed by atoms with Gasteiger partial charge in [-0.3, -0.25) is 4.79 Å². The molecule has 10 nitrogen and oxygen atoms in total. The Morgan fingerprint density at radius 3 is 2.89 bits per heavy atom. The van der Waals surface area contributed by atoms with Crippen LogP contribution in [-0.2, 0) is 9.47 Å². The van der Waals surface area contributed by atoms with Gasteiger partial charge in [0.2, 0.25) is 0 Å². The predicted molar refractivity (Wildman–Crippen MR) is 127 cm³/mol. The van der Waals surface area contributed by atoms with Crippen molar-refractivity contribution in [1.82, 2.24) is 29.5 Å². The molecule has 182 valence electrons. The summed E-state index contributed by atoms with van der Waals surface area (Å²) in [5.74, 6) is 0.422. The SMILES string of the molecule is CNc1cc(-c2cn([C@@H]3COC[C@@H]3F)c3ncccc23)nc2c(C(=O)NC3CC[C@@H]3OC)cnn12. The maximum Gasteiger partial charge on any atom is 0.257 e. The van der Waals surface area contributed by atoms with Crippen molar-refractivity contribution in [3.05, 3.63) is 42.4 Å². The average molecular weight is 480 g/mol. The van der Waals surface area contributed by atoms with Gasteiger partial charge in [0.15, 0.2) is 5.65 Å². The van der Waals surface area contributed by atoms with Crippen molar-refractivity contribution in [2.45, 2.75) is 37.2 Å². The Morgan fingerprint density at radius 1 is 1.29 bits per heavy atom. The summed E-state index contributed by atoms with van der Waals surface area (Å²) in [5.41, 5.74) is 2.88. The second-order valence-corrected chi connectivity index (χ2v) is 8.95. The maximum absolute atomic E-state index is 14.6. The topological polar surface area (TPSA) is 108 Å². The molecule has 2 aliphatic rings. The van der Waals surface area contributed by atoms with Crippen molar-refractivity contribution >= 4 is 28.4 Å². The lowest BCUT2D eigenvalue weighted by Gasteiger charge is -2.35. The molecule has 6 rings (SSSR count). The third-order valence-electron chi connectivity index (χ3n) is 7.01. The molecule has 4 aromatic heterocycles. The van der Waals surface area contributed by atoms with E-state index in [0.717, 1.165) is 23.8 Å². The lowest BCUT2D eigenvalue weighted by molar-refractivity contribution is 0.00732. The normalized spacial score (nSPS) is 24.1. The van der Waals surface area contributed by atoms with E-state index in [-0.39, 0.29) is 31.3 Å². The number of hydrogen-bond acceptors (Lipinski definition) is 7. The van der Waals surface area contributed by atoms with Crippen molar-refractivity contribution in [2.75, 3.05) is 32.7 Å². The molecule has 2 fully saturated rings. The summed E-state index contributed by atoms with van der Waals surface area (Å²) in [4.78, 5) is 22.5. The van der Waals surface area contributed by atoms with E-state index in [1.807, 2.05) is 29.0 Å². The first-order valence-electron chi connectivity index (χ1n) is 11.7. The monoisotopic (exact) mass is 479 g/mol. The van der Waals surface area contributed by atoms with Crippen LogP contribution < -0.4 is 10.6 Å². The fourth-order valence-corrected chi connectivity index (χ4v) is 4.91. The molecule has 4 atom stereocenters. The molecule has 1 saturated carbocycles. The number of amides is 1. The molecule has 1 unspecified atom stereocenters. The first kappa shape index (κ1) is 21.9. The lowest BCUT2D eigenvalue weighted by atomic mass is 9.89. The van der Waals surface area contributed by atoms with Crippen molar-refractivity contribution in [2.24, 2.45) is 0 Å². The van der Waals surface area contributed by atoms with Gasteiger partial charge in [0, 0.05) is 43.6 Å². The van der Waals surface area contributed by atoms with E-state index in [1.165, 1.54) is 6.20 Å². The van der Waals surface area contributed by atoms with Gasteiger partial charge in [-0.1, -0.05) is 0 Å². The predicted octanol–water partition coefficient (Wildman–Crippen LogP) is 2.60. The molecule has 1 saturated heterocycles. The summed E-state index contributed by atoms with van der Waals surface area (Å²) in [6.07, 6.45) is 5.79. The van der Waals surface area contributed by atoms with E-state index in [4.69, 9.17) is 14.5 Å². The number of nitrogens with zero attached hydrogens (tertiary/aromatic N) is 5. The van der Waals surface area contributed by atoms with Crippen LogP contribution in [0.25, 0.3) is 27.9 Å². The molecule has 11 heteroatoms. The zero-order valence-corrected chi connectivity index (χ0v) is 19.4. The van der Waals surface area contributed by atoms with Crippen LogP contribution in [-0.4, -0.2) is 75.7 Å². The highest BCUT2D eigenvalue weighted by molar-refractivity contribution is 6.01. The molecule has 0 aromatic carbocycles. The molecular formula is C24H26FN7O3. The molecule has 2 N–H and O–H groups in total. The Hall–Kier alpha value is -3.57. The third-order valence-corrected chi connectivity index (χ3v) is 7.01. The summed E-state index contributed by atoms with van der Waals surface area (Å²) in [6.45, 7) is 0.353. The molecule has 0 spiro atoms. The smallest absolute Gasteiger partial charge is 0.257 e. The van der Waals surface area contributed by atoms with Crippen molar-refractivity contribution < 1.29 is 18.7 Å². The Morgan fingerprint density at radius 2 is 2.17 bits per heavy atom. The van der Waals surface area contributed by atoms with E-state index in [2.05, 4.69) is 20.7 Å². The molecule has 1 amide bonds. The number of rotatable bonds is 6. The van der Waals surface area contributed by atoms with Gasteiger partial charge in [-0.25, -0.2) is 14.4 Å². The van der Waals surface area contributed by atoms with Gasteiger partial charge in [0.25, 0.3) is 5.91 Å². The molecule has 5 heterocycles. The first-order chi connectivity index (χ1) is 17.1. The quantitative estimate of drug-likeness (QED) is 0.438. The molecule has 4 aromatic rings. The van der Waals surface area contributed by atoms with Crippen LogP contribution in [0.3, 0.4) is 0 Å². The minimum absolute atomic E-state index is 0.0229. The number of pyridine rings is 1. The number of hydrogen-bond donors (Lipinski definition) is 2. The minimum atomic E-state index is -1.11. The van der Waals surface area contributed by atoms with Crippen LogP contribution in [0.5, 0.6) is 0 Å². The number of alkyl halides is 1. The third kappa shape index (κ3) is 3.53. The van der Waals surface area contributed by atoms with Crippen LogP contribution in [0.15, 0.2) is 36.8 Å². The van der Waals surface area contributed by atoms with Gasteiger partial charge in [-0.15, -0.1) is 0 Å². The van der Waals surface area contributed by atoms with Crippen molar-refractivity contribution in [3.8, 4) is 11.3 Å². The second-order valence-electron chi connectivity index (χ2n) is 8.95. The summed E-state index contributed by atoms with van der Waals surface area (Å²) >= 11 is 0. The van der Waals surface area contributed by atoms with E-state index in [9.17, 15) is 9.18 Å². The number of fused-ring (bicyclic) bond motifs is 2. The number of carbonyl (C=O) groups is 1. The minimum Gasteiger partial charge on any atom is -0.379 e. The van der Waals surface area contributed by atoms with Gasteiger partial charge in [0.1, 0.15) is 23.2 Å². The first-order valence-corrected chi connectivity index (χ1v) is 11.7. The highest BCUT2D eigenvalue weighted by Gasteiger charge is 2.34. The Balaban J connectivity index is 1.45. The van der Waals surface area contributed by atoms with Crippen LogP contribution in [0, 0.1) is 0 Å². The summed E-state index contributed by atoms with van der Waals surface area (Å²) in [6, 6.07) is 5.16.